The Labute approximate surface area is 130 Å². The number of nitrogens with zero attached hydrogens (tertiary/aromatic N) is 4. The van der Waals surface area contributed by atoms with Crippen molar-refractivity contribution in [1.29, 1.82) is 0 Å². The summed E-state index contributed by atoms with van der Waals surface area (Å²) in [5.41, 5.74) is 2.01. The largest absolute Gasteiger partial charge is 0.497 e. The maximum atomic E-state index is 5.26. The van der Waals surface area contributed by atoms with Gasteiger partial charge in [-0.1, -0.05) is 53.8 Å². The van der Waals surface area contributed by atoms with Gasteiger partial charge in [-0.3, -0.25) is 0 Å². The minimum absolute atomic E-state index is 0.715. The van der Waals surface area contributed by atoms with Crippen LogP contribution < -0.4 is 4.74 Å². The lowest BCUT2D eigenvalue weighted by Crippen LogP contribution is -1.91. The number of hydrogen-bond acceptors (Lipinski definition) is 5. The topological polar surface area (TPSA) is 52.3 Å². The molecule has 0 atom stereocenters. The van der Waals surface area contributed by atoms with E-state index in [1.807, 2.05) is 54.6 Å². The van der Waals surface area contributed by atoms with Gasteiger partial charge in [0.25, 0.3) is 0 Å². The number of fused-ring (bicyclic) bond motifs is 1. The molecule has 0 aliphatic heterocycles. The summed E-state index contributed by atoms with van der Waals surface area (Å²) in [6.45, 7) is 0. The molecule has 2 aromatic carbocycles. The molecule has 0 saturated heterocycles. The lowest BCUT2D eigenvalue weighted by molar-refractivity contribution is 0.415. The van der Waals surface area contributed by atoms with Gasteiger partial charge in [-0.2, -0.15) is 9.61 Å². The van der Waals surface area contributed by atoms with Crippen LogP contribution in [0.5, 0.6) is 5.75 Å². The minimum Gasteiger partial charge on any atom is -0.497 e. The van der Waals surface area contributed by atoms with E-state index in [2.05, 4.69) is 15.3 Å². The first-order chi connectivity index (χ1) is 10.8. The lowest BCUT2D eigenvalue weighted by Gasteiger charge is -2.01. The van der Waals surface area contributed by atoms with Gasteiger partial charge in [0.1, 0.15) is 10.8 Å². The Balaban J connectivity index is 1.84. The number of rotatable bonds is 3. The smallest absolute Gasteiger partial charge is 0.235 e. The molecule has 0 aliphatic rings. The van der Waals surface area contributed by atoms with Gasteiger partial charge < -0.3 is 4.74 Å². The highest BCUT2D eigenvalue weighted by atomic mass is 32.1. The van der Waals surface area contributed by atoms with Gasteiger partial charge >= 0.3 is 0 Å². The molecule has 0 aliphatic carbocycles. The Morgan fingerprint density at radius 3 is 2.59 bits per heavy atom. The average molecular weight is 308 g/mol. The van der Waals surface area contributed by atoms with E-state index in [0.29, 0.717) is 5.82 Å². The molecule has 0 fully saturated rings. The minimum atomic E-state index is 0.715. The van der Waals surface area contributed by atoms with Crippen molar-refractivity contribution in [1.82, 2.24) is 19.8 Å². The van der Waals surface area contributed by atoms with Crippen molar-refractivity contribution in [2.45, 2.75) is 0 Å². The average Bonchev–Trinajstić information content (AvgIpc) is 3.16. The molecule has 4 rings (SSSR count). The van der Waals surface area contributed by atoms with Crippen LogP contribution in [0.2, 0.25) is 0 Å². The third-order valence-electron chi connectivity index (χ3n) is 3.34. The SMILES string of the molecule is COc1cccc(-c2nnc3sc(-c4ccccc4)nn23)c1. The number of hydrogen-bond donors (Lipinski definition) is 0. The molecule has 22 heavy (non-hydrogen) atoms. The summed E-state index contributed by atoms with van der Waals surface area (Å²) in [5.74, 6) is 1.50. The van der Waals surface area contributed by atoms with Crippen LogP contribution in [0.25, 0.3) is 26.9 Å². The molecular weight excluding hydrogens is 296 g/mol. The highest BCUT2D eigenvalue weighted by Crippen LogP contribution is 2.28. The van der Waals surface area contributed by atoms with Gasteiger partial charge in [0.15, 0.2) is 5.82 Å². The molecule has 0 unspecified atom stereocenters. The summed E-state index contributed by atoms with van der Waals surface area (Å²) in [4.78, 5) is 0.775. The van der Waals surface area contributed by atoms with Gasteiger partial charge in [0.2, 0.25) is 4.96 Å². The molecule has 2 aromatic heterocycles. The van der Waals surface area contributed by atoms with E-state index in [4.69, 9.17) is 4.74 Å². The fourth-order valence-electron chi connectivity index (χ4n) is 2.26. The van der Waals surface area contributed by atoms with Gasteiger partial charge in [-0.05, 0) is 12.1 Å². The van der Waals surface area contributed by atoms with E-state index >= 15 is 0 Å². The fraction of sp³-hybridized carbons (Fsp3) is 0.0625. The van der Waals surface area contributed by atoms with Gasteiger partial charge in [-0.25, -0.2) is 0 Å². The van der Waals surface area contributed by atoms with Crippen molar-refractivity contribution in [2.75, 3.05) is 7.11 Å². The first-order valence-corrected chi connectivity index (χ1v) is 7.59. The van der Waals surface area contributed by atoms with Crippen LogP contribution in [0.15, 0.2) is 54.6 Å². The zero-order valence-corrected chi connectivity index (χ0v) is 12.6. The Kier molecular flexibility index (Phi) is 3.08. The van der Waals surface area contributed by atoms with Gasteiger partial charge in [0, 0.05) is 11.1 Å². The summed E-state index contributed by atoms with van der Waals surface area (Å²) in [6.07, 6.45) is 0. The molecule has 0 bridgehead atoms. The van der Waals surface area contributed by atoms with Crippen molar-refractivity contribution in [3.8, 4) is 27.7 Å². The number of methoxy groups -OCH3 is 1. The van der Waals surface area contributed by atoms with E-state index in [0.717, 1.165) is 26.8 Å². The van der Waals surface area contributed by atoms with Crippen molar-refractivity contribution in [2.24, 2.45) is 0 Å². The van der Waals surface area contributed by atoms with E-state index in [-0.39, 0.29) is 0 Å². The maximum Gasteiger partial charge on any atom is 0.235 e. The maximum absolute atomic E-state index is 5.26. The van der Waals surface area contributed by atoms with Crippen molar-refractivity contribution >= 4 is 16.3 Å². The van der Waals surface area contributed by atoms with Crippen LogP contribution in [0, 0.1) is 0 Å². The van der Waals surface area contributed by atoms with E-state index in [9.17, 15) is 0 Å². The van der Waals surface area contributed by atoms with Crippen molar-refractivity contribution in [3.05, 3.63) is 54.6 Å². The molecule has 6 heteroatoms. The summed E-state index contributed by atoms with van der Waals surface area (Å²) in [6, 6.07) is 17.8. The van der Waals surface area contributed by atoms with Gasteiger partial charge in [0.05, 0.1) is 7.11 Å². The van der Waals surface area contributed by atoms with Crippen LogP contribution in [0.1, 0.15) is 0 Å². The first-order valence-electron chi connectivity index (χ1n) is 6.77. The second-order valence-corrected chi connectivity index (χ2v) is 5.68. The molecule has 0 N–H and O–H groups in total. The Morgan fingerprint density at radius 1 is 0.955 bits per heavy atom. The molecule has 4 aromatic rings. The molecule has 0 radical (unpaired) electrons. The van der Waals surface area contributed by atoms with Crippen LogP contribution in [-0.2, 0) is 0 Å². The zero-order valence-electron chi connectivity index (χ0n) is 11.8. The van der Waals surface area contributed by atoms with Crippen molar-refractivity contribution < 1.29 is 4.74 Å². The second-order valence-electron chi connectivity index (χ2n) is 4.72. The fourth-order valence-corrected chi connectivity index (χ4v) is 3.10. The molecule has 2 heterocycles. The van der Waals surface area contributed by atoms with Crippen LogP contribution in [-0.4, -0.2) is 26.9 Å². The van der Waals surface area contributed by atoms with E-state index in [1.165, 1.54) is 11.3 Å². The van der Waals surface area contributed by atoms with E-state index in [1.54, 1.807) is 11.6 Å². The molecule has 0 amide bonds. The normalized spacial score (nSPS) is 11.0. The molecule has 0 spiro atoms. The highest BCUT2D eigenvalue weighted by Gasteiger charge is 2.14. The van der Waals surface area contributed by atoms with E-state index < -0.39 is 0 Å². The van der Waals surface area contributed by atoms with Gasteiger partial charge in [-0.15, -0.1) is 10.2 Å². The number of aromatic nitrogens is 4. The summed E-state index contributed by atoms with van der Waals surface area (Å²) in [5, 5.41) is 14.0. The first kappa shape index (κ1) is 13.0. The molecular formula is C16H12N4OS. The Bertz CT molecular complexity index is 930. The van der Waals surface area contributed by atoms with Crippen LogP contribution in [0.4, 0.5) is 0 Å². The summed E-state index contributed by atoms with van der Waals surface area (Å²) >= 11 is 1.52. The Hall–Kier alpha value is -2.73. The van der Waals surface area contributed by atoms with Crippen LogP contribution >= 0.6 is 11.3 Å². The van der Waals surface area contributed by atoms with Crippen molar-refractivity contribution in [3.63, 3.8) is 0 Å². The van der Waals surface area contributed by atoms with Crippen LogP contribution in [0.3, 0.4) is 0 Å². The molecule has 0 saturated carbocycles. The number of benzene rings is 2. The summed E-state index contributed by atoms with van der Waals surface area (Å²) in [7, 11) is 1.65. The predicted octanol–water partition coefficient (Wildman–Crippen LogP) is 3.53. The molecule has 108 valence electrons. The zero-order chi connectivity index (χ0) is 14.9. The quantitative estimate of drug-likeness (QED) is 0.581. The third-order valence-corrected chi connectivity index (χ3v) is 4.29. The lowest BCUT2D eigenvalue weighted by atomic mass is 10.2. The molecule has 5 nitrogen and oxygen atoms in total. The predicted molar refractivity (Wildman–Crippen MR) is 86.1 cm³/mol. The second kappa shape index (κ2) is 5.23. The number of ether oxygens (including phenoxy) is 1. The standard InChI is InChI=1S/C16H12N4OS/c1-21-13-9-5-8-12(10-13)14-17-18-16-20(14)19-15(22-16)11-6-3-2-4-7-11/h2-10H,1H3. The Morgan fingerprint density at radius 2 is 1.77 bits per heavy atom. The monoisotopic (exact) mass is 308 g/mol. The third kappa shape index (κ3) is 2.14. The highest BCUT2D eigenvalue weighted by molar-refractivity contribution is 7.19. The summed E-state index contributed by atoms with van der Waals surface area (Å²) < 4.78 is 7.04.